The number of hydrogen-bond donors (Lipinski definition) is 1. The van der Waals surface area contributed by atoms with E-state index in [4.69, 9.17) is 10.00 Å². The minimum Gasteiger partial charge on any atom is -0.495 e. The summed E-state index contributed by atoms with van der Waals surface area (Å²) in [5.41, 5.74) is 1.03. The topological polar surface area (TPSA) is 87.9 Å². The van der Waals surface area contributed by atoms with Crippen molar-refractivity contribution in [1.82, 2.24) is 9.97 Å². The second-order valence-corrected chi connectivity index (χ2v) is 3.57. The fourth-order valence-electron chi connectivity index (χ4n) is 1.48. The lowest BCUT2D eigenvalue weighted by molar-refractivity contribution is 0.102. The minimum absolute atomic E-state index is 0.187. The first-order valence-corrected chi connectivity index (χ1v) is 5.40. The molecule has 0 atom stereocenters. The van der Waals surface area contributed by atoms with Crippen molar-refractivity contribution in [1.29, 1.82) is 5.26 Å². The lowest BCUT2D eigenvalue weighted by atomic mass is 10.2. The molecular formula is C13H10N4O2. The van der Waals surface area contributed by atoms with E-state index in [-0.39, 0.29) is 5.69 Å². The van der Waals surface area contributed by atoms with Crippen LogP contribution in [0.15, 0.2) is 36.8 Å². The van der Waals surface area contributed by atoms with Crippen LogP contribution in [0, 0.1) is 11.3 Å². The maximum absolute atomic E-state index is 11.9. The van der Waals surface area contributed by atoms with Crippen molar-refractivity contribution in [3.63, 3.8) is 0 Å². The van der Waals surface area contributed by atoms with E-state index in [9.17, 15) is 4.79 Å². The predicted molar refractivity (Wildman–Crippen MR) is 67.7 cm³/mol. The van der Waals surface area contributed by atoms with Gasteiger partial charge in [-0.15, -0.1) is 0 Å². The van der Waals surface area contributed by atoms with E-state index in [1.165, 1.54) is 31.8 Å². The van der Waals surface area contributed by atoms with Crippen LogP contribution in [-0.4, -0.2) is 23.0 Å². The number of nitrogens with one attached hydrogen (secondary N) is 1. The Bertz CT molecular complexity index is 635. The summed E-state index contributed by atoms with van der Waals surface area (Å²) in [6.07, 6.45) is 4.27. The van der Waals surface area contributed by atoms with Crippen LogP contribution in [0.25, 0.3) is 0 Å². The van der Waals surface area contributed by atoms with Crippen molar-refractivity contribution in [3.05, 3.63) is 48.0 Å². The summed E-state index contributed by atoms with van der Waals surface area (Å²) < 4.78 is 5.12. The van der Waals surface area contributed by atoms with Crippen LogP contribution in [0.3, 0.4) is 0 Å². The highest BCUT2D eigenvalue weighted by molar-refractivity contribution is 6.03. The molecule has 1 N–H and O–H groups in total. The smallest absolute Gasteiger partial charge is 0.275 e. The number of ether oxygens (including phenoxy) is 1. The number of nitriles is 1. The number of benzene rings is 1. The molecule has 0 saturated heterocycles. The molecule has 0 fully saturated rings. The van der Waals surface area contributed by atoms with Crippen LogP contribution in [0.2, 0.25) is 0 Å². The van der Waals surface area contributed by atoms with Crippen molar-refractivity contribution in [2.45, 2.75) is 0 Å². The largest absolute Gasteiger partial charge is 0.495 e. The summed E-state index contributed by atoms with van der Waals surface area (Å²) in [4.78, 5) is 19.6. The van der Waals surface area contributed by atoms with E-state index in [0.717, 1.165) is 0 Å². The van der Waals surface area contributed by atoms with Gasteiger partial charge in [-0.3, -0.25) is 9.78 Å². The second-order valence-electron chi connectivity index (χ2n) is 3.57. The van der Waals surface area contributed by atoms with Gasteiger partial charge in [-0.2, -0.15) is 5.26 Å². The van der Waals surface area contributed by atoms with Crippen molar-refractivity contribution in [2.24, 2.45) is 0 Å². The third kappa shape index (κ3) is 2.84. The molecule has 0 bridgehead atoms. The first-order valence-electron chi connectivity index (χ1n) is 5.40. The molecule has 94 valence electrons. The van der Waals surface area contributed by atoms with E-state index in [2.05, 4.69) is 15.3 Å². The van der Waals surface area contributed by atoms with Gasteiger partial charge in [0.25, 0.3) is 5.91 Å². The molecule has 6 nitrogen and oxygen atoms in total. The monoisotopic (exact) mass is 254 g/mol. The molecular weight excluding hydrogens is 244 g/mol. The molecule has 6 heteroatoms. The Hall–Kier alpha value is -2.94. The van der Waals surface area contributed by atoms with Gasteiger partial charge in [0.2, 0.25) is 0 Å². The molecule has 0 unspecified atom stereocenters. The average Bonchev–Trinajstić information content (AvgIpc) is 2.48. The highest BCUT2D eigenvalue weighted by Crippen LogP contribution is 2.25. The average molecular weight is 254 g/mol. The predicted octanol–water partition coefficient (Wildman–Crippen LogP) is 1.61. The first kappa shape index (κ1) is 12.5. The van der Waals surface area contributed by atoms with E-state index < -0.39 is 5.91 Å². The molecule has 0 aliphatic heterocycles. The fourth-order valence-corrected chi connectivity index (χ4v) is 1.48. The van der Waals surface area contributed by atoms with Crippen LogP contribution in [0.1, 0.15) is 16.1 Å². The lowest BCUT2D eigenvalue weighted by Crippen LogP contribution is -2.14. The van der Waals surface area contributed by atoms with Gasteiger partial charge in [0.05, 0.1) is 30.6 Å². The molecule has 2 rings (SSSR count). The molecule has 1 heterocycles. The number of methoxy groups -OCH3 is 1. The van der Waals surface area contributed by atoms with Gasteiger partial charge < -0.3 is 10.1 Å². The highest BCUT2D eigenvalue weighted by atomic mass is 16.5. The SMILES string of the molecule is COc1ccc(C#N)cc1NC(=O)c1cnccn1. The lowest BCUT2D eigenvalue weighted by Gasteiger charge is -2.09. The third-order valence-electron chi connectivity index (χ3n) is 2.37. The van der Waals surface area contributed by atoms with Gasteiger partial charge in [-0.1, -0.05) is 0 Å². The van der Waals surface area contributed by atoms with E-state index in [1.54, 1.807) is 12.1 Å². The summed E-state index contributed by atoms with van der Waals surface area (Å²) in [5.74, 6) is 0.0535. The van der Waals surface area contributed by atoms with Crippen LogP contribution >= 0.6 is 0 Å². The molecule has 0 radical (unpaired) electrons. The number of nitrogens with zero attached hydrogens (tertiary/aromatic N) is 3. The first-order chi connectivity index (χ1) is 9.24. The quantitative estimate of drug-likeness (QED) is 0.898. The molecule has 0 aliphatic carbocycles. The van der Waals surface area contributed by atoms with E-state index in [0.29, 0.717) is 17.0 Å². The standard InChI is InChI=1S/C13H10N4O2/c1-19-12-3-2-9(7-14)6-10(12)17-13(18)11-8-15-4-5-16-11/h2-6,8H,1H3,(H,17,18). The van der Waals surface area contributed by atoms with Crippen LogP contribution < -0.4 is 10.1 Å². The summed E-state index contributed by atoms with van der Waals surface area (Å²) in [6.45, 7) is 0. The number of aromatic nitrogens is 2. The van der Waals surface area contributed by atoms with Gasteiger partial charge in [0.1, 0.15) is 11.4 Å². The van der Waals surface area contributed by atoms with Crippen molar-refractivity contribution < 1.29 is 9.53 Å². The number of amides is 1. The minimum atomic E-state index is -0.415. The van der Waals surface area contributed by atoms with Crippen LogP contribution in [0.5, 0.6) is 5.75 Å². The molecule has 0 saturated carbocycles. The summed E-state index contributed by atoms with van der Waals surface area (Å²) in [7, 11) is 1.49. The molecule has 0 spiro atoms. The summed E-state index contributed by atoms with van der Waals surface area (Å²) in [6, 6.07) is 6.76. The Labute approximate surface area is 109 Å². The third-order valence-corrected chi connectivity index (χ3v) is 2.37. The van der Waals surface area contributed by atoms with Gasteiger partial charge in [-0.05, 0) is 18.2 Å². The normalized spacial score (nSPS) is 9.47. The summed E-state index contributed by atoms with van der Waals surface area (Å²) >= 11 is 0. The van der Waals surface area contributed by atoms with Gasteiger partial charge in [0.15, 0.2) is 0 Å². The second kappa shape index (κ2) is 5.60. The number of rotatable bonds is 3. The highest BCUT2D eigenvalue weighted by Gasteiger charge is 2.11. The molecule has 19 heavy (non-hydrogen) atoms. The molecule has 2 aromatic rings. The van der Waals surface area contributed by atoms with E-state index in [1.807, 2.05) is 6.07 Å². The Kier molecular flexibility index (Phi) is 3.69. The Balaban J connectivity index is 2.28. The van der Waals surface area contributed by atoms with Gasteiger partial charge in [-0.25, -0.2) is 4.98 Å². The van der Waals surface area contributed by atoms with Gasteiger partial charge in [0, 0.05) is 12.4 Å². The maximum Gasteiger partial charge on any atom is 0.275 e. The molecule has 1 aromatic heterocycles. The zero-order valence-corrected chi connectivity index (χ0v) is 10.1. The zero-order chi connectivity index (χ0) is 13.7. The molecule has 1 amide bonds. The number of carbonyl (C=O) groups excluding carboxylic acids is 1. The zero-order valence-electron chi connectivity index (χ0n) is 10.1. The van der Waals surface area contributed by atoms with Gasteiger partial charge >= 0.3 is 0 Å². The van der Waals surface area contributed by atoms with Crippen LogP contribution in [-0.2, 0) is 0 Å². The number of carbonyl (C=O) groups is 1. The van der Waals surface area contributed by atoms with E-state index >= 15 is 0 Å². The number of anilines is 1. The Morgan fingerprint density at radius 2 is 2.26 bits per heavy atom. The Morgan fingerprint density at radius 1 is 1.42 bits per heavy atom. The van der Waals surface area contributed by atoms with Crippen molar-refractivity contribution in [3.8, 4) is 11.8 Å². The van der Waals surface area contributed by atoms with Crippen LogP contribution in [0.4, 0.5) is 5.69 Å². The maximum atomic E-state index is 11.9. The summed E-state index contributed by atoms with van der Waals surface area (Å²) in [5, 5.41) is 11.5. The molecule has 1 aromatic carbocycles. The number of hydrogen-bond acceptors (Lipinski definition) is 5. The van der Waals surface area contributed by atoms with Crippen molar-refractivity contribution in [2.75, 3.05) is 12.4 Å². The fraction of sp³-hybridized carbons (Fsp3) is 0.0769. The Morgan fingerprint density at radius 3 is 2.89 bits per heavy atom. The van der Waals surface area contributed by atoms with Crippen molar-refractivity contribution >= 4 is 11.6 Å². The molecule has 0 aliphatic rings.